The van der Waals surface area contributed by atoms with E-state index in [0.29, 0.717) is 29.8 Å². The van der Waals surface area contributed by atoms with E-state index in [1.54, 1.807) is 0 Å². The summed E-state index contributed by atoms with van der Waals surface area (Å²) in [4.78, 5) is 2.39. The molecule has 0 radical (unpaired) electrons. The van der Waals surface area contributed by atoms with Crippen LogP contribution >= 0.6 is 0 Å². The number of hydrogen-bond donors (Lipinski definition) is 3. The van der Waals surface area contributed by atoms with Crippen LogP contribution in [-0.4, -0.2) is 45.6 Å². The molecule has 6 aliphatic rings. The van der Waals surface area contributed by atoms with E-state index in [0.717, 1.165) is 19.3 Å². The van der Waals surface area contributed by atoms with Gasteiger partial charge in [-0.15, -0.1) is 0 Å². The molecule has 5 aliphatic heterocycles. The number of nitrogens with zero attached hydrogens (tertiary/aromatic N) is 1. The first-order valence-electron chi connectivity index (χ1n) is 9.18. The van der Waals surface area contributed by atoms with Gasteiger partial charge in [-0.05, 0) is 36.8 Å². The van der Waals surface area contributed by atoms with Gasteiger partial charge in [0, 0.05) is 35.0 Å². The van der Waals surface area contributed by atoms with Crippen LogP contribution < -0.4 is 5.32 Å². The number of rotatable bonds is 1. The SMILES string of the molecule is CC[C@H]1[C@@H]2C[C@H]3[C@@H]4Nc5ccccc5[C@]45CC([C@H]2[C@H]5O)N3[C@@H]1O. The second-order valence-electron chi connectivity index (χ2n) is 8.40. The number of hydrogen-bond acceptors (Lipinski definition) is 4. The molecule has 7 rings (SSSR count). The second-order valence-corrected chi connectivity index (χ2v) is 8.40. The normalized spacial score (nSPS) is 57.3. The van der Waals surface area contributed by atoms with Crippen molar-refractivity contribution in [2.24, 2.45) is 17.8 Å². The summed E-state index contributed by atoms with van der Waals surface area (Å²) in [6.45, 7) is 2.18. The summed E-state index contributed by atoms with van der Waals surface area (Å²) in [5, 5.41) is 26.1. The van der Waals surface area contributed by atoms with Crippen LogP contribution in [0.1, 0.15) is 31.7 Å². The van der Waals surface area contributed by atoms with E-state index in [1.807, 2.05) is 0 Å². The lowest BCUT2D eigenvalue weighted by atomic mass is 9.63. The highest BCUT2D eigenvalue weighted by molar-refractivity contribution is 5.65. The number of aliphatic hydroxyl groups is 2. The maximum absolute atomic E-state index is 11.5. The molecule has 2 unspecified atom stereocenters. The van der Waals surface area contributed by atoms with Gasteiger partial charge in [0.15, 0.2) is 0 Å². The summed E-state index contributed by atoms with van der Waals surface area (Å²) in [6, 6.07) is 9.50. The standard InChI is InChI=1S/C19H24N2O2/c1-2-9-10-7-13-16-19(11-5-3-4-6-12(11)20-16)8-14(15(10)17(19)22)21(13)18(9)23/h3-6,9-10,13-18,20,22-23H,2,7-8H2,1H3/t9-,10-,13-,14?,15-,16-,17+,18+,19+/m0/s1. The summed E-state index contributed by atoms with van der Waals surface area (Å²) >= 11 is 0. The zero-order valence-electron chi connectivity index (χ0n) is 13.4. The third kappa shape index (κ3) is 1.20. The summed E-state index contributed by atoms with van der Waals surface area (Å²) in [5.74, 6) is 1.13. The second kappa shape index (κ2) is 3.93. The van der Waals surface area contributed by atoms with Gasteiger partial charge >= 0.3 is 0 Å². The van der Waals surface area contributed by atoms with Crippen molar-refractivity contribution in [3.63, 3.8) is 0 Å². The van der Waals surface area contributed by atoms with Crippen LogP contribution in [0.2, 0.25) is 0 Å². The molecule has 0 amide bonds. The molecule has 1 aromatic rings. The largest absolute Gasteiger partial charge is 0.392 e. The van der Waals surface area contributed by atoms with Gasteiger partial charge in [0.2, 0.25) is 0 Å². The van der Waals surface area contributed by atoms with Crippen LogP contribution in [0.25, 0.3) is 0 Å². The summed E-state index contributed by atoms with van der Waals surface area (Å²) in [6.07, 6.45) is 2.52. The van der Waals surface area contributed by atoms with Gasteiger partial charge in [-0.25, -0.2) is 0 Å². The number of aliphatic hydroxyl groups excluding tert-OH is 2. The summed E-state index contributed by atoms with van der Waals surface area (Å²) < 4.78 is 0. The maximum Gasteiger partial charge on any atom is 0.111 e. The zero-order chi connectivity index (χ0) is 15.5. The fraction of sp³-hybridized carbons (Fsp3) is 0.684. The molecular formula is C19H24N2O2. The Morgan fingerprint density at radius 2 is 2.09 bits per heavy atom. The fourth-order valence-corrected chi connectivity index (χ4v) is 7.40. The minimum absolute atomic E-state index is 0.135. The predicted molar refractivity (Wildman–Crippen MR) is 87.0 cm³/mol. The smallest absolute Gasteiger partial charge is 0.111 e. The van der Waals surface area contributed by atoms with Crippen molar-refractivity contribution in [1.82, 2.24) is 4.90 Å². The molecule has 1 saturated carbocycles. The first-order chi connectivity index (χ1) is 11.2. The van der Waals surface area contributed by atoms with Crippen molar-refractivity contribution >= 4 is 5.69 Å². The van der Waals surface area contributed by atoms with Gasteiger partial charge in [-0.2, -0.15) is 0 Å². The molecule has 5 fully saturated rings. The van der Waals surface area contributed by atoms with Gasteiger partial charge in [0.25, 0.3) is 0 Å². The zero-order valence-corrected chi connectivity index (χ0v) is 13.4. The van der Waals surface area contributed by atoms with E-state index in [2.05, 4.69) is 41.4 Å². The molecule has 1 spiro atoms. The van der Waals surface area contributed by atoms with Gasteiger partial charge in [0.05, 0.1) is 12.1 Å². The van der Waals surface area contributed by atoms with E-state index in [-0.39, 0.29) is 23.8 Å². The van der Waals surface area contributed by atoms with Crippen LogP contribution in [0.4, 0.5) is 5.69 Å². The highest BCUT2D eigenvalue weighted by Crippen LogP contribution is 2.67. The Hall–Kier alpha value is -1.10. The van der Waals surface area contributed by atoms with Gasteiger partial charge in [0.1, 0.15) is 6.23 Å². The van der Waals surface area contributed by atoms with Gasteiger partial charge < -0.3 is 15.5 Å². The van der Waals surface area contributed by atoms with E-state index in [9.17, 15) is 10.2 Å². The third-order valence-corrected chi connectivity index (χ3v) is 8.05. The summed E-state index contributed by atoms with van der Waals surface area (Å²) in [7, 11) is 0. The molecule has 10 atom stereocenters. The van der Waals surface area contributed by atoms with Crippen LogP contribution in [0, 0.1) is 17.8 Å². The van der Waals surface area contributed by atoms with Crippen LogP contribution in [0.5, 0.6) is 0 Å². The lowest BCUT2D eigenvalue weighted by molar-refractivity contribution is -0.210. The fourth-order valence-electron chi connectivity index (χ4n) is 7.40. The average Bonchev–Trinajstić information content (AvgIpc) is 3.02. The molecular weight excluding hydrogens is 288 g/mol. The Morgan fingerprint density at radius 1 is 1.26 bits per heavy atom. The highest BCUT2D eigenvalue weighted by Gasteiger charge is 2.75. The molecule has 4 heteroatoms. The topological polar surface area (TPSA) is 55.7 Å². The molecule has 0 aromatic heterocycles. The highest BCUT2D eigenvalue weighted by atomic mass is 16.3. The quantitative estimate of drug-likeness (QED) is 0.736. The van der Waals surface area contributed by atoms with Crippen molar-refractivity contribution in [2.75, 3.05) is 5.32 Å². The Bertz CT molecular complexity index is 694. The molecule has 1 aromatic carbocycles. The van der Waals surface area contributed by atoms with E-state index in [4.69, 9.17) is 0 Å². The minimum Gasteiger partial charge on any atom is -0.392 e. The molecule has 23 heavy (non-hydrogen) atoms. The first-order valence-corrected chi connectivity index (χ1v) is 9.18. The van der Waals surface area contributed by atoms with Crippen LogP contribution in [0.15, 0.2) is 24.3 Å². The molecule has 122 valence electrons. The average molecular weight is 312 g/mol. The number of benzene rings is 1. The first kappa shape index (κ1) is 13.2. The molecule has 4 nitrogen and oxygen atoms in total. The summed E-state index contributed by atoms with van der Waals surface area (Å²) in [5.41, 5.74) is 2.38. The third-order valence-electron chi connectivity index (χ3n) is 8.05. The Kier molecular flexibility index (Phi) is 2.26. The number of para-hydroxylation sites is 1. The van der Waals surface area contributed by atoms with E-state index < -0.39 is 0 Å². The van der Waals surface area contributed by atoms with Crippen LogP contribution in [0.3, 0.4) is 0 Å². The van der Waals surface area contributed by atoms with Crippen LogP contribution in [-0.2, 0) is 5.41 Å². The van der Waals surface area contributed by atoms with E-state index in [1.165, 1.54) is 11.3 Å². The van der Waals surface area contributed by atoms with E-state index >= 15 is 0 Å². The van der Waals surface area contributed by atoms with Crippen molar-refractivity contribution in [3.8, 4) is 0 Å². The van der Waals surface area contributed by atoms with Crippen molar-refractivity contribution in [2.45, 2.75) is 62.1 Å². The lowest BCUT2D eigenvalue weighted by Crippen LogP contribution is -2.71. The number of anilines is 1. The number of piperidine rings is 4. The molecule has 1 aliphatic carbocycles. The molecule has 5 heterocycles. The number of fused-ring (bicyclic) bond motifs is 2. The maximum atomic E-state index is 11.5. The Labute approximate surface area is 136 Å². The predicted octanol–water partition coefficient (Wildman–Crippen LogP) is 1.53. The monoisotopic (exact) mass is 312 g/mol. The Balaban J connectivity index is 1.57. The number of nitrogens with one attached hydrogen (secondary N) is 1. The Morgan fingerprint density at radius 3 is 2.91 bits per heavy atom. The van der Waals surface area contributed by atoms with Crippen molar-refractivity contribution in [1.29, 1.82) is 0 Å². The van der Waals surface area contributed by atoms with Gasteiger partial charge in [-0.1, -0.05) is 25.1 Å². The lowest BCUT2D eigenvalue weighted by Gasteiger charge is -2.61. The molecule has 3 N–H and O–H groups in total. The van der Waals surface area contributed by atoms with Crippen molar-refractivity contribution in [3.05, 3.63) is 29.8 Å². The molecule has 4 saturated heterocycles. The molecule has 5 bridgehead atoms. The van der Waals surface area contributed by atoms with Gasteiger partial charge in [-0.3, -0.25) is 4.90 Å². The minimum atomic E-state index is -0.321. The van der Waals surface area contributed by atoms with Crippen molar-refractivity contribution < 1.29 is 10.2 Å².